The molecule has 0 rings (SSSR count). The second-order valence-electron chi connectivity index (χ2n) is 0.894. The van der Waals surface area contributed by atoms with Crippen molar-refractivity contribution in [3.8, 4) is 0 Å². The Hall–Kier alpha value is 3.65. The summed E-state index contributed by atoms with van der Waals surface area (Å²) in [5.74, 6) is 0. The van der Waals surface area contributed by atoms with Crippen molar-refractivity contribution in [3.63, 3.8) is 0 Å². The Bertz CT molecular complexity index is 141. The van der Waals surface area contributed by atoms with Crippen molar-refractivity contribution in [2.45, 2.75) is 0 Å². The van der Waals surface area contributed by atoms with Gasteiger partial charge in [0.15, 0.2) is 0 Å². The van der Waals surface area contributed by atoms with Gasteiger partial charge in [-0.25, -0.2) is 0 Å². The molecule has 0 aliphatic carbocycles. The Morgan fingerprint density at radius 3 is 0.500 bits per heavy atom. The van der Waals surface area contributed by atoms with Crippen LogP contribution in [0, 0.1) is 0 Å². The molecule has 16 heavy (non-hydrogen) atoms. The van der Waals surface area contributed by atoms with Crippen LogP contribution in [0.25, 0.3) is 0 Å². The van der Waals surface area contributed by atoms with Gasteiger partial charge in [0.1, 0.15) is 0 Å². The molecule has 0 heterocycles. The van der Waals surface area contributed by atoms with Crippen LogP contribution in [0.5, 0.6) is 0 Å². The summed E-state index contributed by atoms with van der Waals surface area (Å²) < 4.78 is 17.1. The van der Waals surface area contributed by atoms with Gasteiger partial charge in [-0.3, -0.25) is 0 Å². The summed E-state index contributed by atoms with van der Waals surface area (Å²) in [7, 11) is -10.8. The monoisotopic (exact) mass is 547 g/mol. The van der Waals surface area contributed by atoms with E-state index in [0.29, 0.717) is 0 Å². The third kappa shape index (κ3) is 367. The van der Waals surface area contributed by atoms with Crippen LogP contribution >= 0.6 is 15.6 Å². The number of hydrogen-bond acceptors (Lipinski definition) is 8. The van der Waals surface area contributed by atoms with Gasteiger partial charge in [0.2, 0.25) is 0 Å². The van der Waals surface area contributed by atoms with Crippen molar-refractivity contribution in [2.24, 2.45) is 0 Å². The molecule has 16 heteroatoms. The normalized spacial score (nSPS) is 7.38. The molecule has 0 fully saturated rings. The quantitative estimate of drug-likeness (QED) is 0.212. The van der Waals surface area contributed by atoms with Crippen LogP contribution in [0.15, 0.2) is 0 Å². The van der Waals surface area contributed by atoms with E-state index in [0.717, 1.165) is 0 Å². The number of hydrogen-bond donors (Lipinski definition) is 0. The fourth-order valence-electron chi connectivity index (χ4n) is 0. The third-order valence-corrected chi connectivity index (χ3v) is 0. The maximum atomic E-state index is 8.55. The van der Waals surface area contributed by atoms with Gasteiger partial charge in [0.25, 0.3) is 0 Å². The van der Waals surface area contributed by atoms with Crippen molar-refractivity contribution < 1.29 is 148 Å². The van der Waals surface area contributed by atoms with Crippen LogP contribution in [0.1, 0.15) is 0 Å². The molecule has 85 valence electrons. The van der Waals surface area contributed by atoms with Gasteiger partial charge in [-0.05, 0) is 0 Å². The maximum Gasteiger partial charge on any atom is 2.00 e. The van der Waals surface area contributed by atoms with E-state index < -0.39 is 15.6 Å². The molecule has 0 aliphatic rings. The molecule has 0 aromatic carbocycles. The first-order chi connectivity index (χ1) is 4.00. The van der Waals surface area contributed by atoms with Crippen LogP contribution in [0.3, 0.4) is 0 Å². The summed E-state index contributed by atoms with van der Waals surface area (Å²) in [5, 5.41) is 0. The maximum absolute atomic E-state index is 8.55. The minimum absolute atomic E-state index is 0. The summed E-state index contributed by atoms with van der Waals surface area (Å²) in [6, 6.07) is 0. The van der Waals surface area contributed by atoms with E-state index >= 15 is 0 Å². The van der Waals surface area contributed by atoms with Gasteiger partial charge in [0, 0.05) is 51.2 Å². The van der Waals surface area contributed by atoms with Crippen molar-refractivity contribution >= 4 is 15.6 Å². The molecule has 0 aromatic heterocycles. The fraction of sp³-hybridized carbons (Fsp3) is 0. The number of phosphoric acid groups is 2. The summed E-state index contributed by atoms with van der Waals surface area (Å²) >= 11 is 0. The molecule has 0 N–H and O–H groups in total. The summed E-state index contributed by atoms with van der Waals surface area (Å²) in [4.78, 5) is 51.3. The zero-order valence-corrected chi connectivity index (χ0v) is 21.6. The summed E-state index contributed by atoms with van der Waals surface area (Å²) in [5.41, 5.74) is 0. The SMILES string of the molecule is O=P([O-])([O-])[O-].O=P([O-])([O-])[O-].[Mn].[Mn].[Mn].[Zn+2].[Zn+2].[Zn+2]. The third-order valence-electron chi connectivity index (χ3n) is 0. The Balaban J connectivity index is -0.00000000970. The first-order valence-corrected chi connectivity index (χ1v) is 4.38. The van der Waals surface area contributed by atoms with Gasteiger partial charge < -0.3 is 38.5 Å². The molecule has 0 unspecified atom stereocenters. The Morgan fingerprint density at radius 1 is 0.500 bits per heavy atom. The van der Waals surface area contributed by atoms with E-state index in [2.05, 4.69) is 0 Å². The van der Waals surface area contributed by atoms with E-state index in [4.69, 9.17) is 38.5 Å². The van der Waals surface area contributed by atoms with Gasteiger partial charge in [-0.1, -0.05) is 0 Å². The first-order valence-electron chi connectivity index (χ1n) is 1.46. The predicted octanol–water partition coefficient (Wildman–Crippen LogP) is -5.66. The molecule has 0 bridgehead atoms. The Morgan fingerprint density at radius 2 is 0.500 bits per heavy atom. The second-order valence-corrected chi connectivity index (χ2v) is 2.68. The number of rotatable bonds is 0. The second kappa shape index (κ2) is 23.7. The molecular weight excluding hydrogens is 551 g/mol. The molecular formula is Mn3O8P2Zn3. The standard InChI is InChI=1S/3Mn.2H3O4P.3Zn/c;;;2*1-5(2,3)4;;;/h;;;2*(H3,1,2,3,4);;;/q;;;;;3*+2/p-6. The van der Waals surface area contributed by atoms with E-state index in [9.17, 15) is 0 Å². The minimum Gasteiger partial charge on any atom is -0.822 e. The molecule has 0 amide bonds. The summed E-state index contributed by atoms with van der Waals surface area (Å²) in [6.07, 6.45) is 0. The van der Waals surface area contributed by atoms with E-state index in [-0.39, 0.29) is 110 Å². The van der Waals surface area contributed by atoms with E-state index in [1.807, 2.05) is 0 Å². The molecule has 0 spiro atoms. The van der Waals surface area contributed by atoms with Crippen LogP contribution in [0.2, 0.25) is 0 Å². The van der Waals surface area contributed by atoms with E-state index in [1.54, 1.807) is 0 Å². The van der Waals surface area contributed by atoms with Gasteiger partial charge in [0.05, 0.1) is 0 Å². The summed E-state index contributed by atoms with van der Waals surface area (Å²) in [6.45, 7) is 0. The van der Waals surface area contributed by atoms with Crippen molar-refractivity contribution in [1.29, 1.82) is 0 Å². The fourth-order valence-corrected chi connectivity index (χ4v) is 0. The Labute approximate surface area is 162 Å². The van der Waals surface area contributed by atoms with Gasteiger partial charge >= 0.3 is 58.4 Å². The minimum atomic E-state index is -5.39. The average Bonchev–Trinajstić information content (AvgIpc) is 1.12. The van der Waals surface area contributed by atoms with Crippen molar-refractivity contribution in [3.05, 3.63) is 0 Å². The first kappa shape index (κ1) is 50.4. The van der Waals surface area contributed by atoms with Crippen molar-refractivity contribution in [1.82, 2.24) is 0 Å². The molecule has 0 aliphatic heterocycles. The van der Waals surface area contributed by atoms with Gasteiger partial charge in [-0.15, -0.1) is 0 Å². The van der Waals surface area contributed by atoms with Crippen LogP contribution < -0.4 is 29.4 Å². The van der Waals surface area contributed by atoms with Crippen LogP contribution in [0.4, 0.5) is 0 Å². The predicted molar refractivity (Wildman–Crippen MR) is 15.2 cm³/mol. The van der Waals surface area contributed by atoms with Gasteiger partial charge in [-0.2, -0.15) is 15.6 Å². The molecule has 8 nitrogen and oxygen atoms in total. The molecule has 0 aromatic rings. The zero-order chi connectivity index (χ0) is 9.00. The van der Waals surface area contributed by atoms with E-state index in [1.165, 1.54) is 0 Å². The largest absolute Gasteiger partial charge is 2.00 e. The van der Waals surface area contributed by atoms with Crippen LogP contribution in [-0.4, -0.2) is 0 Å². The molecule has 0 saturated carbocycles. The smallest absolute Gasteiger partial charge is 0.822 e. The molecule has 0 saturated heterocycles. The van der Waals surface area contributed by atoms with Crippen molar-refractivity contribution in [2.75, 3.05) is 0 Å². The topological polar surface area (TPSA) is 172 Å². The Kier molecular flexibility index (Phi) is 74.7. The average molecular weight is 551 g/mol. The zero-order valence-electron chi connectivity index (χ0n) is 7.42. The molecule has 0 atom stereocenters. The van der Waals surface area contributed by atoms with Crippen LogP contribution in [-0.2, 0) is 119 Å². The molecule has 3 radical (unpaired) electrons.